The summed E-state index contributed by atoms with van der Waals surface area (Å²) in [7, 11) is 0. The van der Waals surface area contributed by atoms with Crippen molar-refractivity contribution >= 4 is 0 Å². The average Bonchev–Trinajstić information content (AvgIpc) is 2.60. The molecule has 0 radical (unpaired) electrons. The molecule has 0 unspecified atom stereocenters. The minimum absolute atomic E-state index is 0.199. The van der Waals surface area contributed by atoms with Gasteiger partial charge in [0.15, 0.2) is 0 Å². The zero-order valence-corrected chi connectivity index (χ0v) is 8.12. The van der Waals surface area contributed by atoms with Gasteiger partial charge in [-0.05, 0) is 12.5 Å². The summed E-state index contributed by atoms with van der Waals surface area (Å²) in [6.45, 7) is 0.261. The minimum atomic E-state index is -2.59. The van der Waals surface area contributed by atoms with Gasteiger partial charge in [-0.3, -0.25) is 0 Å². The number of nitrogens with zero attached hydrogens (tertiary/aromatic N) is 2. The molecule has 0 aromatic carbocycles. The van der Waals surface area contributed by atoms with Crippen molar-refractivity contribution in [1.29, 1.82) is 0 Å². The largest absolute Gasteiger partial charge is 0.375 e. The van der Waals surface area contributed by atoms with Gasteiger partial charge >= 0.3 is 6.55 Å². The molecular weight excluding hydrogens is 190 g/mol. The highest BCUT2D eigenvalue weighted by Crippen LogP contribution is 2.12. The fourth-order valence-electron chi connectivity index (χ4n) is 1.05. The van der Waals surface area contributed by atoms with Crippen molar-refractivity contribution in [3.8, 4) is 0 Å². The zero-order valence-electron chi connectivity index (χ0n) is 8.12. The molecule has 0 atom stereocenters. The summed E-state index contributed by atoms with van der Waals surface area (Å²) in [5.41, 5.74) is 0.413. The molecule has 0 saturated carbocycles. The molecule has 1 aromatic heterocycles. The second-order valence-corrected chi connectivity index (χ2v) is 2.95. The maximum absolute atomic E-state index is 12.3. The van der Waals surface area contributed by atoms with Gasteiger partial charge in [-0.15, -0.1) is 0 Å². The molecule has 0 aliphatic rings. The van der Waals surface area contributed by atoms with Gasteiger partial charge in [0.2, 0.25) is 0 Å². The Morgan fingerprint density at radius 3 is 3.00 bits per heavy atom. The van der Waals surface area contributed by atoms with E-state index in [9.17, 15) is 8.78 Å². The van der Waals surface area contributed by atoms with E-state index in [1.165, 1.54) is 12.3 Å². The first-order valence-electron chi connectivity index (χ1n) is 4.64. The highest BCUT2D eigenvalue weighted by molar-refractivity contribution is 4.98. The molecule has 14 heavy (non-hydrogen) atoms. The summed E-state index contributed by atoms with van der Waals surface area (Å²) < 4.78 is 30.4. The summed E-state index contributed by atoms with van der Waals surface area (Å²) in [4.78, 5) is 0. The third-order valence-corrected chi connectivity index (χ3v) is 1.83. The molecule has 5 heteroatoms. The van der Waals surface area contributed by atoms with E-state index in [1.807, 2.05) is 6.92 Å². The maximum atomic E-state index is 12.3. The van der Waals surface area contributed by atoms with Crippen LogP contribution in [0.3, 0.4) is 0 Å². The lowest BCUT2D eigenvalue weighted by molar-refractivity contribution is 0.0410. The number of hydrogen-bond acceptors (Lipinski definition) is 2. The molecule has 0 bridgehead atoms. The topological polar surface area (TPSA) is 27.1 Å². The molecular formula is C9H14F2N2O. The Kier molecular flexibility index (Phi) is 4.52. The lowest BCUT2D eigenvalue weighted by Crippen LogP contribution is -2.07. The van der Waals surface area contributed by atoms with Crippen LogP contribution in [-0.2, 0) is 11.3 Å². The number of alkyl halides is 2. The Balaban J connectivity index is 2.38. The fourth-order valence-corrected chi connectivity index (χ4v) is 1.05. The molecule has 80 valence electrons. The normalized spacial score (nSPS) is 11.1. The summed E-state index contributed by atoms with van der Waals surface area (Å²) >= 11 is 0. The molecule has 0 spiro atoms. The Labute approximate surface area is 81.7 Å². The number of aromatic nitrogens is 2. The van der Waals surface area contributed by atoms with Gasteiger partial charge in [0.05, 0.1) is 12.3 Å². The highest BCUT2D eigenvalue weighted by Gasteiger charge is 2.10. The predicted molar refractivity (Wildman–Crippen MR) is 48.0 cm³/mol. The van der Waals surface area contributed by atoms with Crippen LogP contribution in [0.1, 0.15) is 32.0 Å². The van der Waals surface area contributed by atoms with Crippen LogP contribution in [0.25, 0.3) is 0 Å². The van der Waals surface area contributed by atoms with Crippen molar-refractivity contribution in [2.24, 2.45) is 0 Å². The number of unbranched alkanes of at least 4 members (excludes halogenated alkanes) is 1. The number of halogens is 2. The predicted octanol–water partition coefficient (Wildman–Crippen LogP) is 2.59. The van der Waals surface area contributed by atoms with Crippen LogP contribution < -0.4 is 0 Å². The average molecular weight is 204 g/mol. The van der Waals surface area contributed by atoms with E-state index >= 15 is 0 Å². The monoisotopic (exact) mass is 204 g/mol. The Morgan fingerprint density at radius 2 is 2.36 bits per heavy atom. The van der Waals surface area contributed by atoms with Crippen molar-refractivity contribution < 1.29 is 13.5 Å². The quantitative estimate of drug-likeness (QED) is 0.666. The Hall–Kier alpha value is -0.970. The van der Waals surface area contributed by atoms with E-state index in [0.717, 1.165) is 12.8 Å². The summed E-state index contributed by atoms with van der Waals surface area (Å²) in [6, 6.07) is 1.54. The molecule has 1 heterocycles. The first-order valence-corrected chi connectivity index (χ1v) is 4.64. The molecule has 1 rings (SSSR count). The van der Waals surface area contributed by atoms with E-state index in [2.05, 4.69) is 5.10 Å². The van der Waals surface area contributed by atoms with Crippen molar-refractivity contribution in [2.75, 3.05) is 6.61 Å². The van der Waals surface area contributed by atoms with Crippen molar-refractivity contribution in [1.82, 2.24) is 9.78 Å². The SMILES string of the molecule is CCCCOCc1ccnn1C(F)F. The number of rotatable bonds is 6. The van der Waals surface area contributed by atoms with E-state index in [-0.39, 0.29) is 6.61 Å². The molecule has 0 fully saturated rings. The van der Waals surface area contributed by atoms with Gasteiger partial charge in [0.25, 0.3) is 0 Å². The zero-order chi connectivity index (χ0) is 10.4. The van der Waals surface area contributed by atoms with Crippen LogP contribution in [0.4, 0.5) is 8.78 Å². The Morgan fingerprint density at radius 1 is 1.57 bits per heavy atom. The van der Waals surface area contributed by atoms with Crippen LogP contribution >= 0.6 is 0 Å². The molecule has 3 nitrogen and oxygen atoms in total. The second-order valence-electron chi connectivity index (χ2n) is 2.95. The first-order chi connectivity index (χ1) is 6.75. The third kappa shape index (κ3) is 3.06. The molecule has 0 aliphatic heterocycles. The van der Waals surface area contributed by atoms with Crippen LogP contribution in [0, 0.1) is 0 Å². The molecule has 0 saturated heterocycles. The summed E-state index contributed by atoms with van der Waals surface area (Å²) in [5.74, 6) is 0. The third-order valence-electron chi connectivity index (χ3n) is 1.83. The fraction of sp³-hybridized carbons (Fsp3) is 0.667. The highest BCUT2D eigenvalue weighted by atomic mass is 19.3. The van der Waals surface area contributed by atoms with E-state index < -0.39 is 6.55 Å². The van der Waals surface area contributed by atoms with Gasteiger partial charge in [0, 0.05) is 12.8 Å². The van der Waals surface area contributed by atoms with Gasteiger partial charge in [-0.1, -0.05) is 13.3 Å². The van der Waals surface area contributed by atoms with Crippen LogP contribution in [0.2, 0.25) is 0 Å². The van der Waals surface area contributed by atoms with E-state index in [0.29, 0.717) is 17.0 Å². The minimum Gasteiger partial charge on any atom is -0.375 e. The van der Waals surface area contributed by atoms with Gasteiger partial charge in [-0.25, -0.2) is 4.68 Å². The van der Waals surface area contributed by atoms with Gasteiger partial charge in [-0.2, -0.15) is 13.9 Å². The molecule has 0 aliphatic carbocycles. The standard InChI is InChI=1S/C9H14F2N2O/c1-2-3-6-14-7-8-4-5-12-13(8)9(10)11/h4-5,9H,2-3,6-7H2,1H3. The summed E-state index contributed by atoms with van der Waals surface area (Å²) in [5, 5.41) is 3.50. The summed E-state index contributed by atoms with van der Waals surface area (Å²) in [6.07, 6.45) is 3.33. The molecule has 1 aromatic rings. The lowest BCUT2D eigenvalue weighted by atomic mass is 10.4. The van der Waals surface area contributed by atoms with Gasteiger partial charge in [0.1, 0.15) is 0 Å². The van der Waals surface area contributed by atoms with E-state index in [1.54, 1.807) is 0 Å². The van der Waals surface area contributed by atoms with E-state index in [4.69, 9.17) is 4.74 Å². The smallest absolute Gasteiger partial charge is 0.333 e. The van der Waals surface area contributed by atoms with Gasteiger partial charge < -0.3 is 4.74 Å². The van der Waals surface area contributed by atoms with Crippen molar-refractivity contribution in [3.63, 3.8) is 0 Å². The first kappa shape index (κ1) is 11.1. The number of hydrogen-bond donors (Lipinski definition) is 0. The maximum Gasteiger partial charge on any atom is 0.333 e. The van der Waals surface area contributed by atoms with Crippen LogP contribution in [-0.4, -0.2) is 16.4 Å². The number of ether oxygens (including phenoxy) is 1. The van der Waals surface area contributed by atoms with Crippen molar-refractivity contribution in [2.45, 2.75) is 32.9 Å². The van der Waals surface area contributed by atoms with Crippen molar-refractivity contribution in [3.05, 3.63) is 18.0 Å². The molecule has 0 N–H and O–H groups in total. The van der Waals surface area contributed by atoms with Crippen LogP contribution in [0.15, 0.2) is 12.3 Å². The second kappa shape index (κ2) is 5.70. The van der Waals surface area contributed by atoms with Crippen LogP contribution in [0.5, 0.6) is 0 Å². The lowest BCUT2D eigenvalue weighted by Gasteiger charge is -2.06. The Bertz CT molecular complexity index is 263. The molecule has 0 amide bonds.